The van der Waals surface area contributed by atoms with Crippen LogP contribution in [-0.2, 0) is 4.79 Å². The molecular formula is C11H15NO3. The Kier molecular flexibility index (Phi) is 4.12. The Morgan fingerprint density at radius 2 is 2.33 bits per heavy atom. The van der Waals surface area contributed by atoms with Crippen LogP contribution in [0.1, 0.15) is 18.5 Å². The van der Waals surface area contributed by atoms with Gasteiger partial charge in [-0.25, -0.2) is 0 Å². The summed E-state index contributed by atoms with van der Waals surface area (Å²) in [5.41, 5.74) is 0.826. The summed E-state index contributed by atoms with van der Waals surface area (Å²) in [4.78, 5) is 10.9. The molecule has 4 nitrogen and oxygen atoms in total. The summed E-state index contributed by atoms with van der Waals surface area (Å²) >= 11 is 0. The van der Waals surface area contributed by atoms with Crippen LogP contribution >= 0.6 is 0 Å². The average molecular weight is 209 g/mol. The van der Waals surface area contributed by atoms with Crippen molar-refractivity contribution >= 4 is 5.91 Å². The molecule has 1 aromatic rings. The Hall–Kier alpha value is -1.55. The molecule has 0 aliphatic heterocycles. The third-order valence-corrected chi connectivity index (χ3v) is 2.06. The van der Waals surface area contributed by atoms with Crippen molar-refractivity contribution < 1.29 is 14.6 Å². The lowest BCUT2D eigenvalue weighted by Crippen LogP contribution is -2.28. The van der Waals surface area contributed by atoms with E-state index in [1.54, 1.807) is 13.2 Å². The van der Waals surface area contributed by atoms with Gasteiger partial charge in [0.05, 0.1) is 19.8 Å². The van der Waals surface area contributed by atoms with Gasteiger partial charge in [-0.05, 0) is 17.7 Å². The van der Waals surface area contributed by atoms with E-state index in [4.69, 9.17) is 9.84 Å². The normalized spacial score (nSPS) is 11.9. The number of aliphatic hydroxyl groups is 1. The van der Waals surface area contributed by atoms with E-state index in [0.29, 0.717) is 5.75 Å². The number of carbonyl (C=O) groups excluding carboxylic acids is 1. The van der Waals surface area contributed by atoms with Gasteiger partial charge >= 0.3 is 0 Å². The second-order valence-electron chi connectivity index (χ2n) is 3.21. The number of aliphatic hydroxyl groups excluding tert-OH is 1. The number of rotatable bonds is 4. The molecule has 0 fully saturated rings. The van der Waals surface area contributed by atoms with Crippen LogP contribution in [0.15, 0.2) is 24.3 Å². The minimum absolute atomic E-state index is 0.132. The number of hydrogen-bond donors (Lipinski definition) is 2. The maximum absolute atomic E-state index is 10.9. The predicted octanol–water partition coefficient (Wildman–Crippen LogP) is 0.865. The molecule has 0 saturated heterocycles. The second-order valence-corrected chi connectivity index (χ2v) is 3.21. The van der Waals surface area contributed by atoms with Crippen LogP contribution in [0, 0.1) is 0 Å². The number of benzene rings is 1. The van der Waals surface area contributed by atoms with E-state index >= 15 is 0 Å². The zero-order chi connectivity index (χ0) is 11.3. The number of nitrogens with one attached hydrogen (secondary N) is 1. The molecule has 0 aliphatic carbocycles. The fraction of sp³-hybridized carbons (Fsp3) is 0.364. The smallest absolute Gasteiger partial charge is 0.217 e. The van der Waals surface area contributed by atoms with Gasteiger partial charge in [-0.15, -0.1) is 0 Å². The first-order chi connectivity index (χ1) is 7.17. The zero-order valence-corrected chi connectivity index (χ0v) is 8.86. The van der Waals surface area contributed by atoms with E-state index in [1.807, 2.05) is 18.2 Å². The van der Waals surface area contributed by atoms with Gasteiger partial charge in [-0.2, -0.15) is 0 Å². The highest BCUT2D eigenvalue weighted by atomic mass is 16.5. The first-order valence-corrected chi connectivity index (χ1v) is 4.69. The van der Waals surface area contributed by atoms with Gasteiger partial charge in [0.2, 0.25) is 5.91 Å². The average Bonchev–Trinajstić information content (AvgIpc) is 2.25. The predicted molar refractivity (Wildman–Crippen MR) is 56.6 cm³/mol. The largest absolute Gasteiger partial charge is 0.497 e. The number of methoxy groups -OCH3 is 1. The monoisotopic (exact) mass is 209 g/mol. The maximum Gasteiger partial charge on any atom is 0.217 e. The van der Waals surface area contributed by atoms with Crippen molar-refractivity contribution in [3.8, 4) is 5.75 Å². The first-order valence-electron chi connectivity index (χ1n) is 4.69. The Morgan fingerprint density at radius 3 is 2.87 bits per heavy atom. The van der Waals surface area contributed by atoms with Crippen molar-refractivity contribution in [3.63, 3.8) is 0 Å². The third kappa shape index (κ3) is 3.25. The van der Waals surface area contributed by atoms with E-state index in [1.165, 1.54) is 6.92 Å². The molecule has 82 valence electrons. The Bertz CT molecular complexity index is 338. The van der Waals surface area contributed by atoms with Crippen LogP contribution in [0.3, 0.4) is 0 Å². The van der Waals surface area contributed by atoms with E-state index in [0.717, 1.165) is 5.56 Å². The summed E-state index contributed by atoms with van der Waals surface area (Å²) in [5, 5.41) is 11.8. The van der Waals surface area contributed by atoms with Crippen LogP contribution in [0.25, 0.3) is 0 Å². The Morgan fingerprint density at radius 1 is 1.60 bits per heavy atom. The Balaban J connectivity index is 2.85. The first kappa shape index (κ1) is 11.5. The molecule has 1 atom stereocenters. The molecule has 0 bridgehead atoms. The molecule has 0 radical (unpaired) electrons. The van der Waals surface area contributed by atoms with Crippen LogP contribution in [0.4, 0.5) is 0 Å². The molecule has 0 saturated carbocycles. The number of carbonyl (C=O) groups is 1. The summed E-state index contributed by atoms with van der Waals surface area (Å²) in [6.45, 7) is 1.29. The van der Waals surface area contributed by atoms with Gasteiger partial charge < -0.3 is 15.2 Å². The highest BCUT2D eigenvalue weighted by molar-refractivity contribution is 5.73. The van der Waals surface area contributed by atoms with Gasteiger partial charge in [0, 0.05) is 6.92 Å². The highest BCUT2D eigenvalue weighted by Crippen LogP contribution is 2.18. The topological polar surface area (TPSA) is 58.6 Å². The third-order valence-electron chi connectivity index (χ3n) is 2.06. The van der Waals surface area contributed by atoms with Crippen molar-refractivity contribution in [2.75, 3.05) is 13.7 Å². The van der Waals surface area contributed by atoms with Gasteiger partial charge in [0.25, 0.3) is 0 Å². The standard InChI is InChI=1S/C11H15NO3/c1-8(14)12-11(7-13)9-4-3-5-10(6-9)15-2/h3-6,11,13H,7H2,1-2H3,(H,12,14)/t11-/m1/s1. The summed E-state index contributed by atoms with van der Waals surface area (Å²) in [6, 6.07) is 6.87. The molecule has 0 unspecified atom stereocenters. The molecule has 0 aromatic heterocycles. The lowest BCUT2D eigenvalue weighted by Gasteiger charge is -2.16. The van der Waals surface area contributed by atoms with Crippen molar-refractivity contribution in [2.24, 2.45) is 0 Å². The van der Waals surface area contributed by atoms with E-state index < -0.39 is 0 Å². The summed E-state index contributed by atoms with van der Waals surface area (Å²) in [5.74, 6) is 0.535. The van der Waals surface area contributed by atoms with Gasteiger partial charge in [-0.3, -0.25) is 4.79 Å². The van der Waals surface area contributed by atoms with Gasteiger partial charge in [-0.1, -0.05) is 12.1 Å². The minimum Gasteiger partial charge on any atom is -0.497 e. The second kappa shape index (κ2) is 5.36. The van der Waals surface area contributed by atoms with E-state index in [2.05, 4.69) is 5.32 Å². The number of amides is 1. The fourth-order valence-electron chi connectivity index (χ4n) is 1.34. The molecule has 4 heteroatoms. The molecule has 0 heterocycles. The fourth-order valence-corrected chi connectivity index (χ4v) is 1.34. The maximum atomic E-state index is 10.9. The number of ether oxygens (including phenoxy) is 1. The van der Waals surface area contributed by atoms with Crippen molar-refractivity contribution in [2.45, 2.75) is 13.0 Å². The molecule has 15 heavy (non-hydrogen) atoms. The van der Waals surface area contributed by atoms with Crippen molar-refractivity contribution in [1.82, 2.24) is 5.32 Å². The van der Waals surface area contributed by atoms with Crippen molar-refractivity contribution in [3.05, 3.63) is 29.8 Å². The van der Waals surface area contributed by atoms with Crippen LogP contribution in [-0.4, -0.2) is 24.7 Å². The summed E-state index contributed by atoms with van der Waals surface area (Å²) in [7, 11) is 1.57. The van der Waals surface area contributed by atoms with E-state index in [-0.39, 0.29) is 18.6 Å². The Labute approximate surface area is 88.9 Å². The molecule has 1 amide bonds. The number of hydrogen-bond acceptors (Lipinski definition) is 3. The lowest BCUT2D eigenvalue weighted by molar-refractivity contribution is -0.120. The lowest BCUT2D eigenvalue weighted by atomic mass is 10.1. The van der Waals surface area contributed by atoms with Gasteiger partial charge in [0.15, 0.2) is 0 Å². The van der Waals surface area contributed by atoms with Crippen LogP contribution < -0.4 is 10.1 Å². The van der Waals surface area contributed by atoms with Crippen LogP contribution in [0.5, 0.6) is 5.75 Å². The molecule has 2 N–H and O–H groups in total. The zero-order valence-electron chi connectivity index (χ0n) is 8.86. The SMILES string of the molecule is COc1cccc([C@@H](CO)NC(C)=O)c1. The van der Waals surface area contributed by atoms with Crippen LogP contribution in [0.2, 0.25) is 0 Å². The molecule has 0 aliphatic rings. The summed E-state index contributed by atoms with van der Waals surface area (Å²) < 4.78 is 5.06. The molecule has 0 spiro atoms. The van der Waals surface area contributed by atoms with E-state index in [9.17, 15) is 4.79 Å². The molecule has 1 rings (SSSR count). The quantitative estimate of drug-likeness (QED) is 0.773. The highest BCUT2D eigenvalue weighted by Gasteiger charge is 2.11. The minimum atomic E-state index is -0.377. The molecule has 1 aromatic carbocycles. The molecular weight excluding hydrogens is 194 g/mol. The summed E-state index contributed by atoms with van der Waals surface area (Å²) in [6.07, 6.45) is 0. The van der Waals surface area contributed by atoms with Crippen molar-refractivity contribution in [1.29, 1.82) is 0 Å². The van der Waals surface area contributed by atoms with Gasteiger partial charge in [0.1, 0.15) is 5.75 Å².